The first kappa shape index (κ1) is 24.1. The van der Waals surface area contributed by atoms with Gasteiger partial charge in [-0.1, -0.05) is 37.0 Å². The number of hydrogen-bond acceptors (Lipinski definition) is 6. The zero-order valence-corrected chi connectivity index (χ0v) is 18.9. The van der Waals surface area contributed by atoms with Crippen LogP contribution in [0.2, 0.25) is 10.0 Å². The maximum atomic E-state index is 12.8. The molecule has 0 spiro atoms. The van der Waals surface area contributed by atoms with E-state index in [1.54, 1.807) is 19.9 Å². The van der Waals surface area contributed by atoms with Crippen LogP contribution in [0.15, 0.2) is 41.4 Å². The molecule has 11 heteroatoms. The zero-order valence-electron chi connectivity index (χ0n) is 16.6. The highest BCUT2D eigenvalue weighted by molar-refractivity contribution is 7.89. The summed E-state index contributed by atoms with van der Waals surface area (Å²) >= 11 is 11.8. The first-order chi connectivity index (χ1) is 14.1. The number of hydrogen-bond donors (Lipinski definition) is 1. The van der Waals surface area contributed by atoms with E-state index in [1.807, 2.05) is 0 Å². The van der Waals surface area contributed by atoms with E-state index in [9.17, 15) is 18.0 Å². The van der Waals surface area contributed by atoms with Gasteiger partial charge in [-0.05, 0) is 37.3 Å². The van der Waals surface area contributed by atoms with Crippen LogP contribution in [0.25, 0.3) is 0 Å². The molecule has 0 aliphatic rings. The number of nitrogens with one attached hydrogen (secondary N) is 1. The van der Waals surface area contributed by atoms with Crippen LogP contribution in [-0.2, 0) is 19.6 Å². The smallest absolute Gasteiger partial charge is 0.338 e. The van der Waals surface area contributed by atoms with E-state index in [2.05, 4.69) is 10.3 Å². The third kappa shape index (κ3) is 5.69. The van der Waals surface area contributed by atoms with Gasteiger partial charge in [-0.3, -0.25) is 4.79 Å². The van der Waals surface area contributed by atoms with Crippen LogP contribution in [0, 0.1) is 0 Å². The Kier molecular flexibility index (Phi) is 8.19. The van der Waals surface area contributed by atoms with Crippen molar-refractivity contribution >= 4 is 50.9 Å². The standard InChI is InChI=1S/C19H21Cl2N3O5S/c1-4-24(5-2)30(27,28)16-10-13(6-8-15(16)21)19(26)29-12(3)18(25)23-17-9-7-14(20)11-22-17/h6-12H,4-5H2,1-3H3,(H,22,23,25)/t12-/m0/s1. The normalized spacial score (nSPS) is 12.5. The maximum Gasteiger partial charge on any atom is 0.338 e. The number of pyridine rings is 1. The molecule has 1 atom stereocenters. The van der Waals surface area contributed by atoms with Crippen LogP contribution in [0.4, 0.5) is 5.82 Å². The average Bonchev–Trinajstić information content (AvgIpc) is 2.70. The fraction of sp³-hybridized carbons (Fsp3) is 0.316. The Bertz CT molecular complexity index is 1020. The topological polar surface area (TPSA) is 106 Å². The summed E-state index contributed by atoms with van der Waals surface area (Å²) in [5.41, 5.74) is -0.0469. The Balaban J connectivity index is 2.16. The second kappa shape index (κ2) is 10.2. The number of anilines is 1. The first-order valence-electron chi connectivity index (χ1n) is 9.03. The molecule has 1 heterocycles. The lowest BCUT2D eigenvalue weighted by molar-refractivity contribution is -0.123. The summed E-state index contributed by atoms with van der Waals surface area (Å²) in [6.45, 7) is 5.28. The summed E-state index contributed by atoms with van der Waals surface area (Å²) in [6.07, 6.45) is 0.202. The number of nitrogens with zero attached hydrogens (tertiary/aromatic N) is 2. The monoisotopic (exact) mass is 473 g/mol. The van der Waals surface area contributed by atoms with Gasteiger partial charge in [0.2, 0.25) is 10.0 Å². The van der Waals surface area contributed by atoms with Gasteiger partial charge in [0.1, 0.15) is 10.7 Å². The largest absolute Gasteiger partial charge is 0.449 e. The number of halogens is 2. The minimum Gasteiger partial charge on any atom is -0.449 e. The molecule has 2 rings (SSSR count). The molecule has 1 aromatic carbocycles. The van der Waals surface area contributed by atoms with Gasteiger partial charge < -0.3 is 10.1 Å². The van der Waals surface area contributed by atoms with Gasteiger partial charge in [0.05, 0.1) is 15.6 Å². The fourth-order valence-corrected chi connectivity index (χ4v) is 4.56. The number of ether oxygens (including phenoxy) is 1. The summed E-state index contributed by atoms with van der Waals surface area (Å²) in [6, 6.07) is 6.82. The number of esters is 1. The van der Waals surface area contributed by atoms with Crippen LogP contribution in [0.1, 0.15) is 31.1 Å². The molecule has 2 aromatic rings. The zero-order chi connectivity index (χ0) is 22.5. The van der Waals surface area contributed by atoms with Crippen molar-refractivity contribution in [3.05, 3.63) is 52.1 Å². The van der Waals surface area contributed by atoms with Gasteiger partial charge in [-0.2, -0.15) is 4.31 Å². The second-order valence-corrected chi connectivity index (χ2v) is 8.88. The summed E-state index contributed by atoms with van der Waals surface area (Å²) in [5.74, 6) is -1.23. The molecule has 0 fully saturated rings. The van der Waals surface area contributed by atoms with Gasteiger partial charge in [-0.25, -0.2) is 18.2 Å². The van der Waals surface area contributed by atoms with Gasteiger partial charge in [0.25, 0.3) is 5.91 Å². The van der Waals surface area contributed by atoms with E-state index in [0.717, 1.165) is 6.07 Å². The Morgan fingerprint density at radius 3 is 2.40 bits per heavy atom. The molecule has 0 radical (unpaired) electrons. The molecular formula is C19H21Cl2N3O5S. The Morgan fingerprint density at radius 2 is 1.83 bits per heavy atom. The molecular weight excluding hydrogens is 453 g/mol. The van der Waals surface area contributed by atoms with Crippen molar-refractivity contribution < 1.29 is 22.7 Å². The van der Waals surface area contributed by atoms with Crippen molar-refractivity contribution in [3.63, 3.8) is 0 Å². The summed E-state index contributed by atoms with van der Waals surface area (Å²) in [5, 5.41) is 2.88. The van der Waals surface area contributed by atoms with Crippen LogP contribution in [-0.4, -0.2) is 48.8 Å². The van der Waals surface area contributed by atoms with Gasteiger partial charge in [0.15, 0.2) is 6.10 Å². The van der Waals surface area contributed by atoms with Crippen molar-refractivity contribution in [1.29, 1.82) is 0 Å². The molecule has 1 aromatic heterocycles. The molecule has 0 unspecified atom stereocenters. The lowest BCUT2D eigenvalue weighted by Crippen LogP contribution is -2.31. The van der Waals surface area contributed by atoms with Crippen molar-refractivity contribution in [1.82, 2.24) is 9.29 Å². The highest BCUT2D eigenvalue weighted by Crippen LogP contribution is 2.26. The third-order valence-corrected chi connectivity index (χ3v) is 6.88. The van der Waals surface area contributed by atoms with E-state index < -0.39 is 28.0 Å². The summed E-state index contributed by atoms with van der Waals surface area (Å²) < 4.78 is 31.9. The lowest BCUT2D eigenvalue weighted by atomic mass is 10.2. The summed E-state index contributed by atoms with van der Waals surface area (Å²) in [7, 11) is -3.88. The van der Waals surface area contributed by atoms with Crippen molar-refractivity contribution in [2.45, 2.75) is 31.8 Å². The second-order valence-electron chi connectivity index (χ2n) is 6.13. The number of sulfonamides is 1. The quantitative estimate of drug-likeness (QED) is 0.586. The minimum absolute atomic E-state index is 0.0157. The molecule has 0 aliphatic heterocycles. The van der Waals surface area contributed by atoms with Crippen molar-refractivity contribution in [3.8, 4) is 0 Å². The first-order valence-corrected chi connectivity index (χ1v) is 11.2. The summed E-state index contributed by atoms with van der Waals surface area (Å²) in [4.78, 5) is 28.4. The van der Waals surface area contributed by atoms with E-state index in [1.165, 1.54) is 35.6 Å². The highest BCUT2D eigenvalue weighted by atomic mass is 35.5. The Morgan fingerprint density at radius 1 is 1.17 bits per heavy atom. The highest BCUT2D eigenvalue weighted by Gasteiger charge is 2.27. The predicted octanol–water partition coefficient (Wildman–Crippen LogP) is 3.60. The van der Waals surface area contributed by atoms with E-state index in [0.29, 0.717) is 5.02 Å². The van der Waals surface area contributed by atoms with E-state index >= 15 is 0 Å². The Labute approximate surface area is 185 Å². The number of benzene rings is 1. The van der Waals surface area contributed by atoms with Crippen LogP contribution in [0.3, 0.4) is 0 Å². The number of aromatic nitrogens is 1. The van der Waals surface area contributed by atoms with Crippen molar-refractivity contribution in [2.24, 2.45) is 0 Å². The molecule has 1 N–H and O–H groups in total. The minimum atomic E-state index is -3.88. The number of amides is 1. The lowest BCUT2D eigenvalue weighted by Gasteiger charge is -2.19. The number of carbonyl (C=O) groups is 2. The number of carbonyl (C=O) groups excluding carboxylic acids is 2. The Hall–Kier alpha value is -2.20. The fourth-order valence-electron chi connectivity index (χ4n) is 2.49. The SMILES string of the molecule is CCN(CC)S(=O)(=O)c1cc(C(=O)O[C@@H](C)C(=O)Nc2ccc(Cl)cn2)ccc1Cl. The predicted molar refractivity (Wildman–Crippen MR) is 114 cm³/mol. The van der Waals surface area contributed by atoms with E-state index in [-0.39, 0.29) is 34.4 Å². The molecule has 0 saturated heterocycles. The molecule has 0 bridgehead atoms. The molecule has 162 valence electrons. The van der Waals surface area contributed by atoms with Crippen LogP contribution < -0.4 is 5.32 Å². The van der Waals surface area contributed by atoms with Crippen LogP contribution in [0.5, 0.6) is 0 Å². The maximum absolute atomic E-state index is 12.8. The number of rotatable bonds is 8. The van der Waals surface area contributed by atoms with Gasteiger partial charge in [-0.15, -0.1) is 0 Å². The van der Waals surface area contributed by atoms with Crippen LogP contribution >= 0.6 is 23.2 Å². The third-order valence-electron chi connectivity index (χ3n) is 4.12. The molecule has 1 amide bonds. The average molecular weight is 474 g/mol. The molecule has 30 heavy (non-hydrogen) atoms. The van der Waals surface area contributed by atoms with Gasteiger partial charge >= 0.3 is 5.97 Å². The van der Waals surface area contributed by atoms with E-state index in [4.69, 9.17) is 27.9 Å². The molecule has 0 aliphatic carbocycles. The molecule has 8 nitrogen and oxygen atoms in total. The van der Waals surface area contributed by atoms with Gasteiger partial charge in [0, 0.05) is 19.3 Å². The van der Waals surface area contributed by atoms with Crippen molar-refractivity contribution in [2.75, 3.05) is 18.4 Å². The molecule has 0 saturated carbocycles.